The van der Waals surface area contributed by atoms with Gasteiger partial charge in [-0.2, -0.15) is 13.2 Å². The van der Waals surface area contributed by atoms with Crippen molar-refractivity contribution in [1.29, 1.82) is 0 Å². The molecule has 3 aromatic carbocycles. The quantitative estimate of drug-likeness (QED) is 0.283. The maximum atomic E-state index is 13.8. The lowest BCUT2D eigenvalue weighted by Crippen LogP contribution is -2.51. The van der Waals surface area contributed by atoms with Gasteiger partial charge in [0.1, 0.15) is 6.04 Å². The number of rotatable bonds is 13. The molecule has 226 valence electrons. The highest BCUT2D eigenvalue weighted by atomic mass is 32.2. The number of carbonyl (C=O) groups excluding carboxylic acids is 2. The molecule has 0 unspecified atom stereocenters. The minimum atomic E-state index is -4.64. The summed E-state index contributed by atoms with van der Waals surface area (Å²) in [6, 6.07) is 21.6. The molecule has 0 saturated carbocycles. The molecule has 7 nitrogen and oxygen atoms in total. The Kier molecular flexibility index (Phi) is 11.2. The standard InChI is InChI=1S/C31H36F3N3O4S/c1-23(2)35-30(39)28(20-24-12-6-4-7-13-24)36(22-25-14-8-5-9-15-25)29(38)18-11-19-37(42(3,40)41)27-17-10-16-26(21-27)31(32,33)34/h4-10,12-17,21,23,28H,11,18-20,22H2,1-3H3,(H,35,39)/t28-/m1/s1. The Morgan fingerprint density at radius 1 is 0.881 bits per heavy atom. The number of hydrogen-bond acceptors (Lipinski definition) is 4. The van der Waals surface area contributed by atoms with Crippen LogP contribution < -0.4 is 9.62 Å². The van der Waals surface area contributed by atoms with Gasteiger partial charge in [0.25, 0.3) is 0 Å². The van der Waals surface area contributed by atoms with E-state index in [1.54, 1.807) is 0 Å². The highest BCUT2D eigenvalue weighted by Gasteiger charge is 2.33. The van der Waals surface area contributed by atoms with E-state index in [0.717, 1.165) is 39.9 Å². The Labute approximate surface area is 245 Å². The largest absolute Gasteiger partial charge is 0.416 e. The first-order chi connectivity index (χ1) is 19.8. The van der Waals surface area contributed by atoms with Gasteiger partial charge in [-0.15, -0.1) is 0 Å². The molecule has 0 spiro atoms. The second-order valence-corrected chi connectivity index (χ2v) is 12.3. The maximum Gasteiger partial charge on any atom is 0.416 e. The predicted molar refractivity (Wildman–Crippen MR) is 157 cm³/mol. The third-order valence-corrected chi connectivity index (χ3v) is 7.71. The van der Waals surface area contributed by atoms with Crippen molar-refractivity contribution < 1.29 is 31.2 Å². The molecule has 42 heavy (non-hydrogen) atoms. The molecule has 0 radical (unpaired) electrons. The van der Waals surface area contributed by atoms with Gasteiger partial charge in [-0.25, -0.2) is 8.42 Å². The first-order valence-corrected chi connectivity index (χ1v) is 15.4. The Hall–Kier alpha value is -3.86. The first-order valence-electron chi connectivity index (χ1n) is 13.6. The molecule has 3 rings (SSSR count). The fourth-order valence-corrected chi connectivity index (χ4v) is 5.51. The van der Waals surface area contributed by atoms with Crippen LogP contribution in [0.2, 0.25) is 0 Å². The number of hydrogen-bond donors (Lipinski definition) is 1. The van der Waals surface area contributed by atoms with E-state index in [0.29, 0.717) is 0 Å². The van der Waals surface area contributed by atoms with E-state index in [1.807, 2.05) is 74.5 Å². The molecule has 0 aliphatic rings. The van der Waals surface area contributed by atoms with Gasteiger partial charge in [0.15, 0.2) is 0 Å². The van der Waals surface area contributed by atoms with Crippen LogP contribution in [-0.4, -0.2) is 50.0 Å². The predicted octanol–water partition coefficient (Wildman–Crippen LogP) is 5.42. The molecule has 0 saturated heterocycles. The van der Waals surface area contributed by atoms with E-state index in [4.69, 9.17) is 0 Å². The minimum Gasteiger partial charge on any atom is -0.352 e. The van der Waals surface area contributed by atoms with Crippen molar-refractivity contribution in [2.45, 2.75) is 57.9 Å². The van der Waals surface area contributed by atoms with Crippen molar-refractivity contribution >= 4 is 27.5 Å². The van der Waals surface area contributed by atoms with Gasteiger partial charge in [0.05, 0.1) is 17.5 Å². The van der Waals surface area contributed by atoms with Gasteiger partial charge < -0.3 is 10.2 Å². The van der Waals surface area contributed by atoms with Crippen LogP contribution in [0.1, 0.15) is 43.4 Å². The lowest BCUT2D eigenvalue weighted by Gasteiger charge is -2.32. The van der Waals surface area contributed by atoms with Gasteiger partial charge in [0.2, 0.25) is 21.8 Å². The fraction of sp³-hybridized carbons (Fsp3) is 0.355. The van der Waals surface area contributed by atoms with Gasteiger partial charge in [-0.3, -0.25) is 13.9 Å². The monoisotopic (exact) mass is 603 g/mol. The Bertz CT molecular complexity index is 1430. The fourth-order valence-electron chi connectivity index (χ4n) is 4.56. The van der Waals surface area contributed by atoms with Crippen LogP contribution in [0.4, 0.5) is 18.9 Å². The molecule has 0 heterocycles. The van der Waals surface area contributed by atoms with Crippen LogP contribution in [0.15, 0.2) is 84.9 Å². The Balaban J connectivity index is 1.87. The van der Waals surface area contributed by atoms with E-state index in [1.165, 1.54) is 11.0 Å². The topological polar surface area (TPSA) is 86.8 Å². The van der Waals surface area contributed by atoms with E-state index in [9.17, 15) is 31.2 Å². The lowest BCUT2D eigenvalue weighted by molar-refractivity contribution is -0.141. The zero-order valence-corrected chi connectivity index (χ0v) is 24.7. The Morgan fingerprint density at radius 3 is 2.02 bits per heavy atom. The molecular formula is C31H36F3N3O4S. The van der Waals surface area contributed by atoms with Crippen molar-refractivity contribution in [3.63, 3.8) is 0 Å². The minimum absolute atomic E-state index is 0.0251. The van der Waals surface area contributed by atoms with Crippen LogP contribution in [0, 0.1) is 0 Å². The summed E-state index contributed by atoms with van der Waals surface area (Å²) in [7, 11) is -3.95. The summed E-state index contributed by atoms with van der Waals surface area (Å²) in [5, 5.41) is 2.91. The molecular weight excluding hydrogens is 567 g/mol. The number of anilines is 1. The second-order valence-electron chi connectivity index (χ2n) is 10.4. The second kappa shape index (κ2) is 14.4. The molecule has 1 atom stereocenters. The van der Waals surface area contributed by atoms with Gasteiger partial charge in [-0.05, 0) is 49.6 Å². The van der Waals surface area contributed by atoms with Crippen molar-refractivity contribution in [1.82, 2.24) is 10.2 Å². The first kappa shape index (κ1) is 32.7. The molecule has 0 aromatic heterocycles. The summed E-state index contributed by atoms with van der Waals surface area (Å²) in [5.41, 5.74) is 0.556. The van der Waals surface area contributed by atoms with E-state index >= 15 is 0 Å². The molecule has 2 amide bonds. The van der Waals surface area contributed by atoms with Crippen LogP contribution in [0.3, 0.4) is 0 Å². The molecule has 0 bridgehead atoms. The summed E-state index contributed by atoms with van der Waals surface area (Å²) in [4.78, 5) is 28.7. The zero-order chi connectivity index (χ0) is 30.9. The smallest absolute Gasteiger partial charge is 0.352 e. The normalized spacial score (nSPS) is 12.5. The van der Waals surface area contributed by atoms with E-state index < -0.39 is 27.8 Å². The third-order valence-electron chi connectivity index (χ3n) is 6.51. The highest BCUT2D eigenvalue weighted by Crippen LogP contribution is 2.32. The van der Waals surface area contributed by atoms with Gasteiger partial charge in [-0.1, -0.05) is 66.7 Å². The van der Waals surface area contributed by atoms with E-state index in [2.05, 4.69) is 5.32 Å². The van der Waals surface area contributed by atoms with Crippen molar-refractivity contribution in [2.24, 2.45) is 0 Å². The Morgan fingerprint density at radius 2 is 1.48 bits per heavy atom. The number of sulfonamides is 1. The molecule has 11 heteroatoms. The summed E-state index contributed by atoms with van der Waals surface area (Å²) in [6.45, 7) is 3.58. The highest BCUT2D eigenvalue weighted by molar-refractivity contribution is 7.92. The number of halogens is 3. The molecule has 3 aromatic rings. The maximum absolute atomic E-state index is 13.8. The number of alkyl halides is 3. The van der Waals surface area contributed by atoms with Crippen molar-refractivity contribution in [3.05, 3.63) is 102 Å². The average Bonchev–Trinajstić information content (AvgIpc) is 2.92. The average molecular weight is 604 g/mol. The summed E-state index contributed by atoms with van der Waals surface area (Å²) in [6.07, 6.45) is -3.58. The summed E-state index contributed by atoms with van der Waals surface area (Å²) >= 11 is 0. The number of carbonyl (C=O) groups is 2. The number of nitrogens with one attached hydrogen (secondary N) is 1. The number of benzene rings is 3. The summed E-state index contributed by atoms with van der Waals surface area (Å²) < 4.78 is 65.8. The van der Waals surface area contributed by atoms with Crippen molar-refractivity contribution in [2.75, 3.05) is 17.1 Å². The molecule has 0 aliphatic heterocycles. The molecule has 0 aliphatic carbocycles. The van der Waals surface area contributed by atoms with Gasteiger partial charge >= 0.3 is 6.18 Å². The third kappa shape index (κ3) is 9.61. The van der Waals surface area contributed by atoms with Gasteiger partial charge in [0, 0.05) is 32.0 Å². The van der Waals surface area contributed by atoms with Crippen molar-refractivity contribution in [3.8, 4) is 0 Å². The van der Waals surface area contributed by atoms with Crippen LogP contribution in [0.25, 0.3) is 0 Å². The molecule has 1 N–H and O–H groups in total. The SMILES string of the molecule is CC(C)NC(=O)[C@@H](Cc1ccccc1)N(Cc1ccccc1)C(=O)CCCN(c1cccc(C(F)(F)F)c1)S(C)(=O)=O. The van der Waals surface area contributed by atoms with Crippen LogP contribution in [0.5, 0.6) is 0 Å². The van der Waals surface area contributed by atoms with Crippen LogP contribution in [-0.2, 0) is 38.8 Å². The lowest BCUT2D eigenvalue weighted by atomic mass is 10.0. The zero-order valence-electron chi connectivity index (χ0n) is 23.8. The molecule has 0 fully saturated rings. The van der Waals surface area contributed by atoms with Crippen LogP contribution >= 0.6 is 0 Å². The number of amides is 2. The number of nitrogens with zero attached hydrogens (tertiary/aromatic N) is 2. The van der Waals surface area contributed by atoms with E-state index in [-0.39, 0.29) is 55.9 Å². The summed E-state index contributed by atoms with van der Waals surface area (Å²) in [5.74, 6) is -0.698.